The molecule has 5 rings (SSSR count). The molecule has 2 aromatic carbocycles. The molecule has 9 nitrogen and oxygen atoms in total. The number of fused-ring (bicyclic) bond motifs is 1. The van der Waals surface area contributed by atoms with Gasteiger partial charge in [0.15, 0.2) is 0 Å². The zero-order valence-electron chi connectivity index (χ0n) is 19.8. The summed E-state index contributed by atoms with van der Waals surface area (Å²) in [5, 5.41) is 0.511. The van der Waals surface area contributed by atoms with E-state index >= 15 is 0 Å². The third kappa shape index (κ3) is 4.14. The number of Topliss-reactive ketones (excluding diaryl/α,β-unsaturated/α-hetero) is 1. The third-order valence-corrected chi connectivity index (χ3v) is 6.46. The topological polar surface area (TPSA) is 122 Å². The van der Waals surface area contributed by atoms with Gasteiger partial charge in [-0.1, -0.05) is 18.2 Å². The summed E-state index contributed by atoms with van der Waals surface area (Å²) in [6, 6.07) is 16.2. The van der Waals surface area contributed by atoms with E-state index in [0.717, 1.165) is 5.56 Å². The maximum absolute atomic E-state index is 13.3. The van der Waals surface area contributed by atoms with Gasteiger partial charge in [-0.2, -0.15) is 0 Å². The van der Waals surface area contributed by atoms with Gasteiger partial charge < -0.3 is 29.7 Å². The normalized spacial score (nSPS) is 13.7. The minimum absolute atomic E-state index is 0.0846. The molecule has 2 amide bonds. The predicted octanol–water partition coefficient (Wildman–Crippen LogP) is 3.06. The minimum Gasteiger partial charge on any atom is -0.496 e. The van der Waals surface area contributed by atoms with Crippen LogP contribution in [0, 0.1) is 0 Å². The van der Waals surface area contributed by atoms with Crippen molar-refractivity contribution in [1.82, 2.24) is 14.8 Å². The fourth-order valence-corrected chi connectivity index (χ4v) is 4.54. The van der Waals surface area contributed by atoms with Crippen molar-refractivity contribution in [2.75, 3.05) is 33.3 Å². The number of rotatable bonds is 6. The number of nitrogens with zero attached hydrogens (tertiary/aromatic N) is 2. The van der Waals surface area contributed by atoms with Gasteiger partial charge in [-0.3, -0.25) is 14.4 Å². The summed E-state index contributed by atoms with van der Waals surface area (Å²) in [5.74, 6) is 0.361. The summed E-state index contributed by atoms with van der Waals surface area (Å²) in [4.78, 5) is 45.5. The number of amides is 2. The van der Waals surface area contributed by atoms with Gasteiger partial charge >= 0.3 is 0 Å². The van der Waals surface area contributed by atoms with Crippen LogP contribution in [0.1, 0.15) is 26.5 Å². The van der Waals surface area contributed by atoms with E-state index in [2.05, 4.69) is 4.98 Å². The number of hydrogen-bond donors (Lipinski definition) is 2. The molecule has 36 heavy (non-hydrogen) atoms. The lowest BCUT2D eigenvalue weighted by Crippen LogP contribution is -2.52. The number of aromatic nitrogens is 1. The number of nitrogens with two attached hydrogens (primary N) is 1. The number of carbonyl (C=O) groups is 3. The molecule has 1 aliphatic rings. The van der Waals surface area contributed by atoms with Crippen molar-refractivity contribution < 1.29 is 23.5 Å². The monoisotopic (exact) mass is 486 g/mol. The van der Waals surface area contributed by atoms with Crippen LogP contribution in [-0.4, -0.2) is 65.7 Å². The van der Waals surface area contributed by atoms with Crippen LogP contribution in [0.5, 0.6) is 5.75 Å². The lowest BCUT2D eigenvalue weighted by Gasteiger charge is -2.34. The lowest BCUT2D eigenvalue weighted by atomic mass is 10.0. The largest absolute Gasteiger partial charge is 0.496 e. The highest BCUT2D eigenvalue weighted by Crippen LogP contribution is 2.37. The van der Waals surface area contributed by atoms with Gasteiger partial charge in [-0.25, -0.2) is 0 Å². The van der Waals surface area contributed by atoms with Gasteiger partial charge in [-0.05, 0) is 36.4 Å². The highest BCUT2D eigenvalue weighted by Gasteiger charge is 2.31. The van der Waals surface area contributed by atoms with Gasteiger partial charge in [0.2, 0.25) is 0 Å². The Morgan fingerprint density at radius 3 is 2.36 bits per heavy atom. The molecule has 0 bridgehead atoms. The van der Waals surface area contributed by atoms with E-state index < -0.39 is 11.7 Å². The molecule has 0 aliphatic carbocycles. The van der Waals surface area contributed by atoms with Crippen LogP contribution in [0.3, 0.4) is 0 Å². The Labute approximate surface area is 207 Å². The van der Waals surface area contributed by atoms with Crippen LogP contribution in [0.2, 0.25) is 0 Å². The fourth-order valence-electron chi connectivity index (χ4n) is 4.54. The maximum atomic E-state index is 13.3. The average molecular weight is 487 g/mol. The van der Waals surface area contributed by atoms with E-state index in [1.54, 1.807) is 29.2 Å². The fraction of sp³-hybridized carbons (Fsp3) is 0.222. The van der Waals surface area contributed by atoms with Crippen molar-refractivity contribution in [2.24, 2.45) is 5.73 Å². The molecular weight excluding hydrogens is 460 g/mol. The Hall–Kier alpha value is -4.37. The van der Waals surface area contributed by atoms with Gasteiger partial charge in [0.25, 0.3) is 17.6 Å². The summed E-state index contributed by atoms with van der Waals surface area (Å²) in [7, 11) is 1.51. The van der Waals surface area contributed by atoms with Gasteiger partial charge in [-0.15, -0.1) is 0 Å². The first kappa shape index (κ1) is 23.4. The number of H-pyrrole nitrogens is 1. The Morgan fingerprint density at radius 1 is 0.972 bits per heavy atom. The van der Waals surface area contributed by atoms with E-state index in [1.807, 2.05) is 30.3 Å². The average Bonchev–Trinajstić information content (AvgIpc) is 3.60. The second-order valence-electron chi connectivity index (χ2n) is 8.52. The molecule has 9 heteroatoms. The molecule has 0 unspecified atom stereocenters. The molecule has 3 N–H and O–H groups in total. The highest BCUT2D eigenvalue weighted by atomic mass is 16.5. The summed E-state index contributed by atoms with van der Waals surface area (Å²) in [6.45, 7) is 1.54. The number of nitrogens with one attached hydrogen (secondary N) is 1. The van der Waals surface area contributed by atoms with E-state index in [0.29, 0.717) is 46.8 Å². The number of hydrogen-bond acceptors (Lipinski definition) is 6. The zero-order valence-corrected chi connectivity index (χ0v) is 19.8. The van der Waals surface area contributed by atoms with Crippen LogP contribution in [-0.2, 0) is 11.3 Å². The second kappa shape index (κ2) is 9.71. The molecule has 184 valence electrons. The minimum atomic E-state index is -0.637. The summed E-state index contributed by atoms with van der Waals surface area (Å²) in [5.41, 5.74) is 7.85. The summed E-state index contributed by atoms with van der Waals surface area (Å²) < 4.78 is 11.3. The Balaban J connectivity index is 1.37. The maximum Gasteiger partial charge on any atom is 0.295 e. The molecule has 4 aromatic rings. The molecule has 2 aromatic heterocycles. The van der Waals surface area contributed by atoms with Crippen molar-refractivity contribution in [2.45, 2.75) is 6.54 Å². The van der Waals surface area contributed by atoms with Crippen LogP contribution < -0.4 is 10.5 Å². The van der Waals surface area contributed by atoms with Gasteiger partial charge in [0.1, 0.15) is 17.3 Å². The van der Waals surface area contributed by atoms with E-state index in [-0.39, 0.29) is 31.1 Å². The molecule has 0 radical (unpaired) electrons. The Morgan fingerprint density at radius 2 is 1.69 bits per heavy atom. The van der Waals surface area contributed by atoms with Crippen LogP contribution in [0.4, 0.5) is 0 Å². The number of ether oxygens (including phenoxy) is 1. The van der Waals surface area contributed by atoms with Crippen molar-refractivity contribution in [1.29, 1.82) is 0 Å². The predicted molar refractivity (Wildman–Crippen MR) is 134 cm³/mol. The standard InChI is InChI=1S/C27H26N4O5/c1-35-22-10-8-19(21-9-7-18(15-28)36-21)24-23(22)20(16-29-24)25(32)27(34)31-13-11-30(12-14-31)26(33)17-5-3-2-4-6-17/h2-10,16,29H,11-15,28H2,1H3. The third-order valence-electron chi connectivity index (χ3n) is 6.46. The molecule has 0 saturated carbocycles. The van der Waals surface area contributed by atoms with Crippen LogP contribution in [0.15, 0.2) is 65.2 Å². The van der Waals surface area contributed by atoms with Crippen LogP contribution in [0.25, 0.3) is 22.2 Å². The summed E-state index contributed by atoms with van der Waals surface area (Å²) >= 11 is 0. The van der Waals surface area contributed by atoms with Crippen molar-refractivity contribution in [3.63, 3.8) is 0 Å². The van der Waals surface area contributed by atoms with Gasteiger partial charge in [0.05, 0.1) is 30.1 Å². The molecule has 0 atom stereocenters. The number of benzene rings is 2. The van der Waals surface area contributed by atoms with E-state index in [4.69, 9.17) is 14.9 Å². The number of ketones is 1. The first-order chi connectivity index (χ1) is 17.5. The molecular formula is C27H26N4O5. The van der Waals surface area contributed by atoms with Crippen molar-refractivity contribution >= 4 is 28.5 Å². The molecule has 0 spiro atoms. The van der Waals surface area contributed by atoms with E-state index in [9.17, 15) is 14.4 Å². The first-order valence-corrected chi connectivity index (χ1v) is 11.7. The number of piperazine rings is 1. The SMILES string of the molecule is COc1ccc(-c2ccc(CN)o2)c2[nH]cc(C(=O)C(=O)N3CCN(C(=O)c4ccccc4)CC3)c12. The Kier molecular flexibility index (Phi) is 6.30. The summed E-state index contributed by atoms with van der Waals surface area (Å²) in [6.07, 6.45) is 1.53. The zero-order chi connectivity index (χ0) is 25.2. The van der Waals surface area contributed by atoms with Crippen molar-refractivity contribution in [3.05, 3.63) is 77.7 Å². The second-order valence-corrected chi connectivity index (χ2v) is 8.52. The number of furan rings is 1. The quantitative estimate of drug-likeness (QED) is 0.319. The molecule has 1 saturated heterocycles. The number of aromatic amines is 1. The Bertz CT molecular complexity index is 1430. The highest BCUT2D eigenvalue weighted by molar-refractivity contribution is 6.45. The molecule has 3 heterocycles. The number of methoxy groups -OCH3 is 1. The number of carbonyl (C=O) groups excluding carboxylic acids is 3. The van der Waals surface area contributed by atoms with E-state index in [1.165, 1.54) is 18.2 Å². The van der Waals surface area contributed by atoms with Gasteiger partial charge in [0, 0.05) is 43.5 Å². The molecule has 1 aliphatic heterocycles. The lowest BCUT2D eigenvalue weighted by molar-refractivity contribution is -0.127. The first-order valence-electron chi connectivity index (χ1n) is 11.7. The van der Waals surface area contributed by atoms with Crippen molar-refractivity contribution in [3.8, 4) is 17.1 Å². The smallest absolute Gasteiger partial charge is 0.295 e. The van der Waals surface area contributed by atoms with Crippen LogP contribution >= 0.6 is 0 Å². The molecule has 1 fully saturated rings.